The number of rotatable bonds is 9. The molecule has 1 aromatic carbocycles. The number of pyridine rings is 2. The molecular weight excluding hydrogens is 496 g/mol. The molecule has 0 amide bonds. The van der Waals surface area contributed by atoms with Crippen molar-refractivity contribution in [2.75, 3.05) is 13.7 Å². The van der Waals surface area contributed by atoms with E-state index in [1.165, 1.54) is 5.56 Å². The van der Waals surface area contributed by atoms with Gasteiger partial charge in [0, 0.05) is 12.4 Å². The van der Waals surface area contributed by atoms with Crippen LogP contribution in [-0.4, -0.2) is 23.7 Å². The molecule has 0 aliphatic carbocycles. The van der Waals surface area contributed by atoms with Gasteiger partial charge < -0.3 is 9.47 Å². The number of halogens is 2. The maximum absolute atomic E-state index is 5.89. The van der Waals surface area contributed by atoms with E-state index in [1.54, 1.807) is 7.11 Å². The second-order valence-corrected chi connectivity index (χ2v) is 8.56. The number of ether oxygens (including phenoxy) is 2. The number of unbranched alkanes of at least 4 members (excludes halogenated alkanes) is 2. The van der Waals surface area contributed by atoms with Gasteiger partial charge in [0.25, 0.3) is 0 Å². The lowest BCUT2D eigenvalue weighted by molar-refractivity contribution is 0.302. The fourth-order valence-electron chi connectivity index (χ4n) is 2.91. The van der Waals surface area contributed by atoms with Crippen molar-refractivity contribution in [3.05, 3.63) is 68.9 Å². The summed E-state index contributed by atoms with van der Waals surface area (Å²) in [6.45, 7) is 2.72. The SMILES string of the molecule is COc1cc(Br)c(OCCCCCc2ccc(-c3ccc(C)cn3)nc2)cc1Br. The van der Waals surface area contributed by atoms with E-state index in [0.717, 1.165) is 63.1 Å². The first-order chi connectivity index (χ1) is 14.1. The van der Waals surface area contributed by atoms with E-state index in [-0.39, 0.29) is 0 Å². The smallest absolute Gasteiger partial charge is 0.134 e. The second kappa shape index (κ2) is 10.7. The molecule has 0 spiro atoms. The minimum atomic E-state index is 0.688. The zero-order valence-electron chi connectivity index (χ0n) is 16.6. The van der Waals surface area contributed by atoms with Crippen molar-refractivity contribution in [2.24, 2.45) is 0 Å². The number of aromatic nitrogens is 2. The predicted molar refractivity (Wildman–Crippen MR) is 124 cm³/mol. The van der Waals surface area contributed by atoms with Crippen LogP contribution in [0.25, 0.3) is 11.4 Å². The van der Waals surface area contributed by atoms with Crippen molar-refractivity contribution in [1.29, 1.82) is 0 Å². The Bertz CT molecular complexity index is 929. The van der Waals surface area contributed by atoms with E-state index in [4.69, 9.17) is 9.47 Å². The summed E-state index contributed by atoms with van der Waals surface area (Å²) < 4.78 is 12.9. The Morgan fingerprint density at radius 1 is 0.828 bits per heavy atom. The number of methoxy groups -OCH3 is 1. The summed E-state index contributed by atoms with van der Waals surface area (Å²) >= 11 is 7.01. The molecule has 3 rings (SSSR count). The Kier molecular flexibility index (Phi) is 8.07. The largest absolute Gasteiger partial charge is 0.496 e. The van der Waals surface area contributed by atoms with Crippen molar-refractivity contribution < 1.29 is 9.47 Å². The van der Waals surface area contributed by atoms with Crippen molar-refractivity contribution in [1.82, 2.24) is 9.97 Å². The van der Waals surface area contributed by atoms with Gasteiger partial charge in [-0.05, 0) is 99.9 Å². The van der Waals surface area contributed by atoms with Gasteiger partial charge in [-0.15, -0.1) is 0 Å². The number of nitrogens with zero attached hydrogens (tertiary/aromatic N) is 2. The Balaban J connectivity index is 1.40. The molecule has 2 heterocycles. The van der Waals surface area contributed by atoms with Gasteiger partial charge in [-0.2, -0.15) is 0 Å². The van der Waals surface area contributed by atoms with Gasteiger partial charge in [0.05, 0.1) is 34.0 Å². The number of aryl methyl sites for hydroxylation is 2. The molecule has 0 N–H and O–H groups in total. The quantitative estimate of drug-likeness (QED) is 0.292. The second-order valence-electron chi connectivity index (χ2n) is 6.85. The van der Waals surface area contributed by atoms with E-state index >= 15 is 0 Å². The third-order valence-electron chi connectivity index (χ3n) is 4.57. The fourth-order valence-corrected chi connectivity index (χ4v) is 3.83. The molecule has 6 heteroatoms. The first-order valence-electron chi connectivity index (χ1n) is 9.60. The molecule has 0 saturated heterocycles. The minimum absolute atomic E-state index is 0.688. The number of benzene rings is 1. The highest BCUT2D eigenvalue weighted by molar-refractivity contribution is 9.11. The highest BCUT2D eigenvalue weighted by atomic mass is 79.9. The molecule has 152 valence electrons. The Labute approximate surface area is 189 Å². The molecule has 4 nitrogen and oxygen atoms in total. The number of hydrogen-bond acceptors (Lipinski definition) is 4. The van der Waals surface area contributed by atoms with Crippen molar-refractivity contribution in [3.8, 4) is 22.9 Å². The number of hydrogen-bond donors (Lipinski definition) is 0. The normalized spacial score (nSPS) is 10.8. The van der Waals surface area contributed by atoms with E-state index < -0.39 is 0 Å². The molecule has 0 unspecified atom stereocenters. The van der Waals surface area contributed by atoms with Gasteiger partial charge in [-0.1, -0.05) is 12.1 Å². The van der Waals surface area contributed by atoms with Crippen LogP contribution in [0.2, 0.25) is 0 Å². The first-order valence-corrected chi connectivity index (χ1v) is 11.2. The van der Waals surface area contributed by atoms with E-state index in [1.807, 2.05) is 37.5 Å². The Hall–Kier alpha value is -1.92. The van der Waals surface area contributed by atoms with Crippen LogP contribution in [0.1, 0.15) is 30.4 Å². The topological polar surface area (TPSA) is 44.2 Å². The van der Waals surface area contributed by atoms with Crippen LogP contribution in [0.4, 0.5) is 0 Å². The molecule has 0 aliphatic heterocycles. The molecule has 0 aliphatic rings. The monoisotopic (exact) mass is 518 g/mol. The summed E-state index contributed by atoms with van der Waals surface area (Å²) in [6.07, 6.45) is 8.08. The maximum atomic E-state index is 5.89. The van der Waals surface area contributed by atoms with Crippen molar-refractivity contribution in [3.63, 3.8) is 0 Å². The third-order valence-corrected chi connectivity index (χ3v) is 5.81. The van der Waals surface area contributed by atoms with E-state index in [2.05, 4.69) is 60.0 Å². The fraction of sp³-hybridized carbons (Fsp3) is 0.304. The highest BCUT2D eigenvalue weighted by Crippen LogP contribution is 2.36. The van der Waals surface area contributed by atoms with E-state index in [0.29, 0.717) is 6.61 Å². The molecule has 0 atom stereocenters. The van der Waals surface area contributed by atoms with Gasteiger partial charge in [-0.25, -0.2) is 0 Å². The zero-order valence-corrected chi connectivity index (χ0v) is 19.8. The standard InChI is InChI=1S/C23H24Br2N2O2/c1-16-7-9-20(26-14-16)21-10-8-17(15-27-21)6-4-3-5-11-29-23-13-18(24)22(28-2)12-19(23)25/h7-10,12-15H,3-6,11H2,1-2H3. The van der Waals surface area contributed by atoms with E-state index in [9.17, 15) is 0 Å². The summed E-state index contributed by atoms with van der Waals surface area (Å²) in [5, 5.41) is 0. The molecule has 0 bridgehead atoms. The molecule has 2 aromatic heterocycles. The van der Waals surface area contributed by atoms with Gasteiger partial charge in [-0.3, -0.25) is 9.97 Å². The van der Waals surface area contributed by atoms with Crippen molar-refractivity contribution >= 4 is 31.9 Å². The molecule has 0 radical (unpaired) electrons. The minimum Gasteiger partial charge on any atom is -0.496 e. The van der Waals surface area contributed by atoms with Crippen molar-refractivity contribution in [2.45, 2.75) is 32.6 Å². The maximum Gasteiger partial charge on any atom is 0.134 e. The average Bonchev–Trinajstić information content (AvgIpc) is 2.73. The Morgan fingerprint density at radius 2 is 1.52 bits per heavy atom. The average molecular weight is 520 g/mol. The molecular formula is C23H24Br2N2O2. The summed E-state index contributed by atoms with van der Waals surface area (Å²) in [7, 11) is 1.65. The van der Waals surface area contributed by atoms with Crippen LogP contribution < -0.4 is 9.47 Å². The predicted octanol–water partition coefficient (Wildman–Crippen LogP) is 6.78. The zero-order chi connectivity index (χ0) is 20.6. The van der Waals surface area contributed by atoms with Crippen LogP contribution in [0, 0.1) is 6.92 Å². The van der Waals surface area contributed by atoms with Crippen LogP contribution in [0.3, 0.4) is 0 Å². The summed E-state index contributed by atoms with van der Waals surface area (Å²) in [4.78, 5) is 8.99. The van der Waals surface area contributed by atoms with Crippen LogP contribution in [0.15, 0.2) is 57.7 Å². The Morgan fingerprint density at radius 3 is 2.17 bits per heavy atom. The summed E-state index contributed by atoms with van der Waals surface area (Å²) in [5.74, 6) is 1.60. The summed E-state index contributed by atoms with van der Waals surface area (Å²) in [6, 6.07) is 12.1. The molecule has 0 saturated carbocycles. The molecule has 29 heavy (non-hydrogen) atoms. The lowest BCUT2D eigenvalue weighted by Gasteiger charge is -2.11. The molecule has 0 fully saturated rings. The molecule has 3 aromatic rings. The van der Waals surface area contributed by atoms with Gasteiger partial charge >= 0.3 is 0 Å². The highest BCUT2D eigenvalue weighted by Gasteiger charge is 2.08. The lowest BCUT2D eigenvalue weighted by atomic mass is 10.1. The lowest BCUT2D eigenvalue weighted by Crippen LogP contribution is -1.99. The van der Waals surface area contributed by atoms with Crippen LogP contribution in [-0.2, 0) is 6.42 Å². The third kappa shape index (κ3) is 6.28. The van der Waals surface area contributed by atoms with Crippen LogP contribution >= 0.6 is 31.9 Å². The van der Waals surface area contributed by atoms with Gasteiger partial charge in [0.15, 0.2) is 0 Å². The van der Waals surface area contributed by atoms with Gasteiger partial charge in [0.2, 0.25) is 0 Å². The summed E-state index contributed by atoms with van der Waals surface area (Å²) in [5.41, 5.74) is 4.24. The van der Waals surface area contributed by atoms with Gasteiger partial charge in [0.1, 0.15) is 11.5 Å². The van der Waals surface area contributed by atoms with Crippen LogP contribution in [0.5, 0.6) is 11.5 Å². The first kappa shape index (κ1) is 21.8.